The summed E-state index contributed by atoms with van der Waals surface area (Å²) in [5.74, 6) is 0.0764. The van der Waals surface area contributed by atoms with Gasteiger partial charge in [-0.1, -0.05) is 0 Å². The maximum absolute atomic E-state index is 11.0. The van der Waals surface area contributed by atoms with Gasteiger partial charge in [-0.15, -0.1) is 0 Å². The van der Waals surface area contributed by atoms with Crippen LogP contribution in [-0.4, -0.2) is 30.4 Å². The van der Waals surface area contributed by atoms with E-state index in [2.05, 4.69) is 0 Å². The molecule has 0 aliphatic rings. The van der Waals surface area contributed by atoms with Crippen LogP contribution < -0.4 is 5.73 Å². The van der Waals surface area contributed by atoms with Crippen LogP contribution in [0.3, 0.4) is 0 Å². The summed E-state index contributed by atoms with van der Waals surface area (Å²) in [5.41, 5.74) is 5.24. The van der Waals surface area contributed by atoms with Crippen molar-refractivity contribution in [2.75, 3.05) is 14.1 Å². The molecule has 3 heteroatoms. The molecule has 0 heterocycles. The van der Waals surface area contributed by atoms with E-state index in [0.717, 1.165) is 0 Å². The Morgan fingerprint density at radius 3 is 2.00 bits per heavy atom. The third kappa shape index (κ3) is 4.32. The SMILES string of the molecule is CN(C)C(=O)CC(C)(C)N. The van der Waals surface area contributed by atoms with Crippen LogP contribution in [0.25, 0.3) is 0 Å². The third-order valence-corrected chi connectivity index (χ3v) is 1.11. The molecule has 0 unspecified atom stereocenters. The Hall–Kier alpha value is -0.570. The molecule has 0 aromatic rings. The van der Waals surface area contributed by atoms with Gasteiger partial charge >= 0.3 is 0 Å². The highest BCUT2D eigenvalue weighted by molar-refractivity contribution is 5.76. The summed E-state index contributed by atoms with van der Waals surface area (Å²) in [5, 5.41) is 0. The van der Waals surface area contributed by atoms with Crippen LogP contribution in [-0.2, 0) is 4.79 Å². The molecule has 0 rings (SSSR count). The maximum atomic E-state index is 11.0. The van der Waals surface area contributed by atoms with Gasteiger partial charge in [-0.05, 0) is 13.8 Å². The van der Waals surface area contributed by atoms with Crippen LogP contribution in [0, 0.1) is 0 Å². The summed E-state index contributed by atoms with van der Waals surface area (Å²) < 4.78 is 0. The molecule has 0 bridgehead atoms. The van der Waals surface area contributed by atoms with E-state index in [1.54, 1.807) is 19.0 Å². The summed E-state index contributed by atoms with van der Waals surface area (Å²) in [7, 11) is 3.46. The number of nitrogens with zero attached hydrogens (tertiary/aromatic N) is 1. The molecule has 0 aromatic carbocycles. The van der Waals surface area contributed by atoms with Gasteiger partial charge in [-0.3, -0.25) is 4.79 Å². The average Bonchev–Trinajstić information content (AvgIpc) is 1.60. The summed E-state index contributed by atoms with van der Waals surface area (Å²) in [6.07, 6.45) is 0.403. The van der Waals surface area contributed by atoms with E-state index in [4.69, 9.17) is 5.73 Å². The minimum absolute atomic E-state index is 0.0764. The average molecular weight is 144 g/mol. The summed E-state index contributed by atoms with van der Waals surface area (Å²) in [6, 6.07) is 0. The van der Waals surface area contributed by atoms with Crippen molar-refractivity contribution >= 4 is 5.91 Å². The topological polar surface area (TPSA) is 46.3 Å². The number of rotatable bonds is 2. The Bertz CT molecular complexity index is 124. The maximum Gasteiger partial charge on any atom is 0.223 e. The number of hydrogen-bond acceptors (Lipinski definition) is 2. The lowest BCUT2D eigenvalue weighted by Crippen LogP contribution is -2.38. The first-order valence-corrected chi connectivity index (χ1v) is 3.32. The zero-order chi connectivity index (χ0) is 8.36. The van der Waals surface area contributed by atoms with Crippen molar-refractivity contribution in [2.45, 2.75) is 25.8 Å². The van der Waals surface area contributed by atoms with Gasteiger partial charge in [0.1, 0.15) is 0 Å². The number of nitrogens with two attached hydrogens (primary N) is 1. The monoisotopic (exact) mass is 144 g/mol. The highest BCUT2D eigenvalue weighted by Gasteiger charge is 2.16. The van der Waals surface area contributed by atoms with E-state index in [1.807, 2.05) is 13.8 Å². The molecular formula is C7H16N2O. The lowest BCUT2D eigenvalue weighted by Gasteiger charge is -2.20. The molecular weight excluding hydrogens is 128 g/mol. The Kier molecular flexibility index (Phi) is 2.84. The Labute approximate surface area is 62.2 Å². The number of carbonyl (C=O) groups is 1. The minimum atomic E-state index is -0.388. The molecule has 0 aliphatic carbocycles. The molecule has 0 saturated carbocycles. The molecule has 10 heavy (non-hydrogen) atoms. The van der Waals surface area contributed by atoms with Crippen LogP contribution in [0.5, 0.6) is 0 Å². The van der Waals surface area contributed by atoms with E-state index in [0.29, 0.717) is 6.42 Å². The van der Waals surface area contributed by atoms with Gasteiger partial charge in [0, 0.05) is 26.1 Å². The first kappa shape index (κ1) is 9.43. The van der Waals surface area contributed by atoms with Crippen LogP contribution in [0.1, 0.15) is 20.3 Å². The Morgan fingerprint density at radius 2 is 1.90 bits per heavy atom. The van der Waals surface area contributed by atoms with Gasteiger partial charge in [0.05, 0.1) is 0 Å². The summed E-state index contributed by atoms with van der Waals surface area (Å²) in [4.78, 5) is 12.6. The molecule has 0 aromatic heterocycles. The minimum Gasteiger partial charge on any atom is -0.349 e. The van der Waals surface area contributed by atoms with E-state index in [1.165, 1.54) is 0 Å². The smallest absolute Gasteiger partial charge is 0.223 e. The van der Waals surface area contributed by atoms with Crippen molar-refractivity contribution < 1.29 is 4.79 Å². The van der Waals surface area contributed by atoms with E-state index in [9.17, 15) is 4.79 Å². The van der Waals surface area contributed by atoms with Gasteiger partial charge < -0.3 is 10.6 Å². The summed E-state index contributed by atoms with van der Waals surface area (Å²) in [6.45, 7) is 3.68. The number of carbonyl (C=O) groups excluding carboxylic acids is 1. The lowest BCUT2D eigenvalue weighted by molar-refractivity contribution is -0.129. The predicted octanol–water partition coefficient (Wildman–Crippen LogP) is 0.202. The lowest BCUT2D eigenvalue weighted by atomic mass is 10.0. The van der Waals surface area contributed by atoms with Gasteiger partial charge in [0.2, 0.25) is 5.91 Å². The van der Waals surface area contributed by atoms with Crippen LogP contribution in [0.4, 0.5) is 0 Å². The molecule has 1 amide bonds. The fourth-order valence-electron chi connectivity index (χ4n) is 0.548. The molecule has 0 aliphatic heterocycles. The van der Waals surface area contributed by atoms with Crippen LogP contribution >= 0.6 is 0 Å². The normalized spacial score (nSPS) is 11.3. The predicted molar refractivity (Wildman–Crippen MR) is 41.6 cm³/mol. The highest BCUT2D eigenvalue weighted by Crippen LogP contribution is 2.04. The Balaban J connectivity index is 3.81. The van der Waals surface area contributed by atoms with Crippen molar-refractivity contribution in [3.63, 3.8) is 0 Å². The second kappa shape index (κ2) is 3.01. The molecule has 0 saturated heterocycles. The fraction of sp³-hybridized carbons (Fsp3) is 0.857. The Morgan fingerprint density at radius 1 is 1.50 bits per heavy atom. The van der Waals surface area contributed by atoms with Crippen molar-refractivity contribution in [2.24, 2.45) is 5.73 Å². The highest BCUT2D eigenvalue weighted by atomic mass is 16.2. The fourth-order valence-corrected chi connectivity index (χ4v) is 0.548. The molecule has 0 spiro atoms. The van der Waals surface area contributed by atoms with Crippen molar-refractivity contribution in [1.29, 1.82) is 0 Å². The van der Waals surface area contributed by atoms with Crippen molar-refractivity contribution in [3.05, 3.63) is 0 Å². The molecule has 60 valence electrons. The van der Waals surface area contributed by atoms with E-state index in [-0.39, 0.29) is 11.4 Å². The van der Waals surface area contributed by atoms with Crippen LogP contribution in [0.2, 0.25) is 0 Å². The molecule has 0 fully saturated rings. The molecule has 3 nitrogen and oxygen atoms in total. The van der Waals surface area contributed by atoms with Crippen molar-refractivity contribution in [1.82, 2.24) is 4.90 Å². The zero-order valence-electron chi connectivity index (χ0n) is 7.14. The second-order valence-corrected chi connectivity index (χ2v) is 3.45. The first-order chi connectivity index (χ1) is 4.33. The third-order valence-electron chi connectivity index (χ3n) is 1.11. The zero-order valence-corrected chi connectivity index (χ0v) is 7.14. The first-order valence-electron chi connectivity index (χ1n) is 3.32. The number of amides is 1. The van der Waals surface area contributed by atoms with Gasteiger partial charge in [0.25, 0.3) is 0 Å². The molecule has 0 atom stereocenters. The van der Waals surface area contributed by atoms with Gasteiger partial charge in [-0.25, -0.2) is 0 Å². The molecule has 2 N–H and O–H groups in total. The van der Waals surface area contributed by atoms with Gasteiger partial charge in [0.15, 0.2) is 0 Å². The largest absolute Gasteiger partial charge is 0.349 e. The second-order valence-electron chi connectivity index (χ2n) is 3.45. The quantitative estimate of drug-likeness (QED) is 0.602. The van der Waals surface area contributed by atoms with Crippen LogP contribution in [0.15, 0.2) is 0 Å². The standard InChI is InChI=1S/C7H16N2O/c1-7(2,8)5-6(10)9(3)4/h5,8H2,1-4H3. The number of hydrogen-bond donors (Lipinski definition) is 1. The summed E-state index contributed by atoms with van der Waals surface area (Å²) >= 11 is 0. The van der Waals surface area contributed by atoms with Crippen molar-refractivity contribution in [3.8, 4) is 0 Å². The van der Waals surface area contributed by atoms with E-state index < -0.39 is 0 Å². The molecule has 0 radical (unpaired) electrons. The van der Waals surface area contributed by atoms with E-state index >= 15 is 0 Å². The van der Waals surface area contributed by atoms with Gasteiger partial charge in [-0.2, -0.15) is 0 Å².